The summed E-state index contributed by atoms with van der Waals surface area (Å²) in [4.78, 5) is 33.9. The van der Waals surface area contributed by atoms with E-state index in [1.807, 2.05) is 24.3 Å². The number of nitrogens with zero attached hydrogens (tertiary/aromatic N) is 3. The number of fused-ring (bicyclic) bond motifs is 1. The topological polar surface area (TPSA) is 72.0 Å². The van der Waals surface area contributed by atoms with Crippen LogP contribution >= 0.6 is 11.3 Å². The summed E-state index contributed by atoms with van der Waals surface area (Å²) >= 11 is 1.53. The molecule has 0 bridgehead atoms. The Labute approximate surface area is 174 Å². The standard InChI is InChI=1S/C21H27N3O4S/c1-2-27-21(26)23-11-5-7-15(13-23)19(25)24(14-16-8-6-12-28-16)20-22-17-9-3-4-10-18(17)29-20/h3-4,9-10,15-16H,2,5-8,11-14H2,1H3/t15-,16+/m0/s1. The van der Waals surface area contributed by atoms with E-state index < -0.39 is 0 Å². The van der Waals surface area contributed by atoms with E-state index in [9.17, 15) is 9.59 Å². The smallest absolute Gasteiger partial charge is 0.409 e. The van der Waals surface area contributed by atoms with Crippen LogP contribution in [-0.4, -0.2) is 60.8 Å². The van der Waals surface area contributed by atoms with Crippen molar-refractivity contribution in [2.45, 2.75) is 38.7 Å². The molecule has 0 spiro atoms. The molecule has 2 atom stereocenters. The molecule has 0 radical (unpaired) electrons. The van der Waals surface area contributed by atoms with Crippen molar-refractivity contribution in [3.63, 3.8) is 0 Å². The van der Waals surface area contributed by atoms with Crippen molar-refractivity contribution in [1.29, 1.82) is 0 Å². The maximum Gasteiger partial charge on any atom is 0.409 e. The van der Waals surface area contributed by atoms with Crippen molar-refractivity contribution in [3.8, 4) is 0 Å². The number of thiazole rings is 1. The second-order valence-corrected chi connectivity index (χ2v) is 8.54. The Morgan fingerprint density at radius 1 is 1.31 bits per heavy atom. The van der Waals surface area contributed by atoms with Gasteiger partial charge < -0.3 is 14.4 Å². The molecule has 2 amide bonds. The van der Waals surface area contributed by atoms with Crippen molar-refractivity contribution in [2.24, 2.45) is 5.92 Å². The van der Waals surface area contributed by atoms with Gasteiger partial charge in [-0.1, -0.05) is 23.5 Å². The second-order valence-electron chi connectivity index (χ2n) is 7.53. The zero-order valence-corrected chi connectivity index (χ0v) is 17.5. The van der Waals surface area contributed by atoms with Crippen molar-refractivity contribution in [3.05, 3.63) is 24.3 Å². The predicted molar refractivity (Wildman–Crippen MR) is 112 cm³/mol. The molecule has 2 saturated heterocycles. The SMILES string of the molecule is CCOC(=O)N1CCC[C@H](C(=O)N(C[C@H]2CCCO2)c2nc3ccccc3s2)C1. The molecule has 3 heterocycles. The Balaban J connectivity index is 1.56. The van der Waals surface area contributed by atoms with Gasteiger partial charge in [-0.3, -0.25) is 9.69 Å². The van der Waals surface area contributed by atoms with Crippen LogP contribution in [0.3, 0.4) is 0 Å². The van der Waals surface area contributed by atoms with Crippen molar-refractivity contribution < 1.29 is 19.1 Å². The molecule has 2 aliphatic heterocycles. The lowest BCUT2D eigenvalue weighted by molar-refractivity contribution is -0.124. The number of hydrogen-bond donors (Lipinski definition) is 0. The lowest BCUT2D eigenvalue weighted by Gasteiger charge is -2.34. The highest BCUT2D eigenvalue weighted by Crippen LogP contribution is 2.32. The van der Waals surface area contributed by atoms with Gasteiger partial charge >= 0.3 is 6.09 Å². The minimum atomic E-state index is -0.337. The Morgan fingerprint density at radius 2 is 2.17 bits per heavy atom. The average molecular weight is 418 g/mol. The van der Waals surface area contributed by atoms with E-state index in [1.54, 1.807) is 16.7 Å². The van der Waals surface area contributed by atoms with Crippen LogP contribution in [0, 0.1) is 5.92 Å². The molecular formula is C21H27N3O4S. The van der Waals surface area contributed by atoms with Crippen LogP contribution in [0.2, 0.25) is 0 Å². The fourth-order valence-corrected chi connectivity index (χ4v) is 4.99. The summed E-state index contributed by atoms with van der Waals surface area (Å²) in [5, 5.41) is 0.708. The Bertz CT molecular complexity index is 831. The number of carbonyl (C=O) groups is 2. The maximum absolute atomic E-state index is 13.5. The lowest BCUT2D eigenvalue weighted by atomic mass is 9.96. The Hall–Kier alpha value is -2.19. The zero-order chi connectivity index (χ0) is 20.2. The van der Waals surface area contributed by atoms with Gasteiger partial charge in [0.1, 0.15) is 0 Å². The molecule has 29 heavy (non-hydrogen) atoms. The Morgan fingerprint density at radius 3 is 2.93 bits per heavy atom. The minimum Gasteiger partial charge on any atom is -0.450 e. The van der Waals surface area contributed by atoms with Gasteiger partial charge in [-0.15, -0.1) is 0 Å². The van der Waals surface area contributed by atoms with Gasteiger partial charge in [0, 0.05) is 19.7 Å². The van der Waals surface area contributed by atoms with Gasteiger partial charge in [-0.25, -0.2) is 9.78 Å². The molecule has 156 valence electrons. The third kappa shape index (κ3) is 4.53. The molecule has 8 heteroatoms. The molecule has 0 saturated carbocycles. The van der Waals surface area contributed by atoms with Gasteiger partial charge in [-0.2, -0.15) is 0 Å². The molecule has 0 unspecified atom stereocenters. The Kier molecular flexibility index (Phi) is 6.30. The van der Waals surface area contributed by atoms with Crippen LogP contribution in [0.4, 0.5) is 9.93 Å². The lowest BCUT2D eigenvalue weighted by Crippen LogP contribution is -2.48. The van der Waals surface area contributed by atoms with Crippen LogP contribution in [0.25, 0.3) is 10.2 Å². The number of aromatic nitrogens is 1. The fraction of sp³-hybridized carbons (Fsp3) is 0.571. The number of anilines is 1. The fourth-order valence-electron chi connectivity index (χ4n) is 4.01. The largest absolute Gasteiger partial charge is 0.450 e. The molecule has 0 N–H and O–H groups in total. The van der Waals surface area contributed by atoms with E-state index >= 15 is 0 Å². The average Bonchev–Trinajstić information content (AvgIpc) is 3.41. The van der Waals surface area contributed by atoms with Gasteiger partial charge in [0.15, 0.2) is 5.13 Å². The minimum absolute atomic E-state index is 0.0218. The summed E-state index contributed by atoms with van der Waals surface area (Å²) < 4.78 is 12.0. The molecular weight excluding hydrogens is 390 g/mol. The highest BCUT2D eigenvalue weighted by atomic mass is 32.1. The quantitative estimate of drug-likeness (QED) is 0.742. The third-order valence-electron chi connectivity index (χ3n) is 5.49. The number of hydrogen-bond acceptors (Lipinski definition) is 6. The summed E-state index contributed by atoms with van der Waals surface area (Å²) in [6.45, 7) is 4.41. The second kappa shape index (κ2) is 9.09. The maximum atomic E-state index is 13.5. The van der Waals surface area contributed by atoms with Gasteiger partial charge in [0.25, 0.3) is 0 Å². The third-order valence-corrected chi connectivity index (χ3v) is 6.55. The number of benzene rings is 1. The van der Waals surface area contributed by atoms with E-state index in [2.05, 4.69) is 0 Å². The molecule has 4 rings (SSSR count). The number of ether oxygens (including phenoxy) is 2. The molecule has 7 nitrogen and oxygen atoms in total. The van der Waals surface area contributed by atoms with Crippen LogP contribution < -0.4 is 4.90 Å². The summed E-state index contributed by atoms with van der Waals surface area (Å²) in [5.74, 6) is -0.227. The van der Waals surface area contributed by atoms with Crippen LogP contribution in [0.1, 0.15) is 32.6 Å². The molecule has 2 aromatic rings. The first-order chi connectivity index (χ1) is 14.2. The van der Waals surface area contributed by atoms with Gasteiger partial charge in [0.2, 0.25) is 5.91 Å². The van der Waals surface area contributed by atoms with E-state index in [0.717, 1.165) is 42.5 Å². The summed E-state index contributed by atoms with van der Waals surface area (Å²) in [6.07, 6.45) is 3.23. The zero-order valence-electron chi connectivity index (χ0n) is 16.7. The summed E-state index contributed by atoms with van der Waals surface area (Å²) in [5.41, 5.74) is 0.898. The van der Waals surface area contributed by atoms with Crippen molar-refractivity contribution in [2.75, 3.05) is 37.7 Å². The highest BCUT2D eigenvalue weighted by molar-refractivity contribution is 7.22. The van der Waals surface area contributed by atoms with Crippen molar-refractivity contribution >= 4 is 38.7 Å². The first-order valence-electron chi connectivity index (χ1n) is 10.4. The van der Waals surface area contributed by atoms with Crippen LogP contribution in [-0.2, 0) is 14.3 Å². The number of piperidine rings is 1. The van der Waals surface area contributed by atoms with Gasteiger partial charge in [-0.05, 0) is 44.7 Å². The highest BCUT2D eigenvalue weighted by Gasteiger charge is 2.35. The number of rotatable bonds is 5. The molecule has 0 aliphatic carbocycles. The van der Waals surface area contributed by atoms with Gasteiger partial charge in [0.05, 0.1) is 35.4 Å². The molecule has 2 fully saturated rings. The number of amides is 2. The van der Waals surface area contributed by atoms with Crippen LogP contribution in [0.5, 0.6) is 0 Å². The first kappa shape index (κ1) is 20.1. The predicted octanol–water partition coefficient (Wildman–Crippen LogP) is 3.68. The number of likely N-dealkylation sites (tertiary alicyclic amines) is 1. The number of carbonyl (C=O) groups excluding carboxylic acids is 2. The normalized spacial score (nSPS) is 22.0. The number of para-hydroxylation sites is 1. The monoisotopic (exact) mass is 417 g/mol. The van der Waals surface area contributed by atoms with E-state index in [-0.39, 0.29) is 24.0 Å². The van der Waals surface area contributed by atoms with Crippen LogP contribution in [0.15, 0.2) is 24.3 Å². The summed E-state index contributed by atoms with van der Waals surface area (Å²) in [6, 6.07) is 7.92. The molecule has 2 aliphatic rings. The molecule has 1 aromatic heterocycles. The van der Waals surface area contributed by atoms with E-state index in [0.29, 0.717) is 31.4 Å². The first-order valence-corrected chi connectivity index (χ1v) is 11.2. The van der Waals surface area contributed by atoms with E-state index in [1.165, 1.54) is 11.3 Å². The van der Waals surface area contributed by atoms with Crippen molar-refractivity contribution in [1.82, 2.24) is 9.88 Å². The van der Waals surface area contributed by atoms with E-state index in [4.69, 9.17) is 14.5 Å². The summed E-state index contributed by atoms with van der Waals surface area (Å²) in [7, 11) is 0. The molecule has 1 aromatic carbocycles.